The topological polar surface area (TPSA) is 75.9 Å². The Kier molecular flexibility index (Phi) is 6.20. The van der Waals surface area contributed by atoms with E-state index in [1.54, 1.807) is 41.2 Å². The molecule has 0 aliphatic carbocycles. The SMILES string of the molecule is COc1ccc(C(=O)N2CCN(C(=O)[C@@H](N)CC(C)C)CC2)cc1. The summed E-state index contributed by atoms with van der Waals surface area (Å²) in [4.78, 5) is 28.4. The molecule has 2 N–H and O–H groups in total. The molecule has 0 unspecified atom stereocenters. The standard InChI is InChI=1S/C18H27N3O3/c1-13(2)12-16(19)18(23)21-10-8-20(9-11-21)17(22)14-4-6-15(24-3)7-5-14/h4-7,13,16H,8-12,19H2,1-3H3/t16-/m0/s1. The van der Waals surface area contributed by atoms with Crippen LogP contribution in [0.5, 0.6) is 5.75 Å². The Morgan fingerprint density at radius 1 is 1.08 bits per heavy atom. The van der Waals surface area contributed by atoms with Gasteiger partial charge in [-0.3, -0.25) is 9.59 Å². The van der Waals surface area contributed by atoms with Gasteiger partial charge in [-0.15, -0.1) is 0 Å². The molecular weight excluding hydrogens is 306 g/mol. The van der Waals surface area contributed by atoms with E-state index in [9.17, 15) is 9.59 Å². The Balaban J connectivity index is 1.89. The number of hydrogen-bond donors (Lipinski definition) is 1. The quantitative estimate of drug-likeness (QED) is 0.882. The van der Waals surface area contributed by atoms with Gasteiger partial charge in [0.1, 0.15) is 5.75 Å². The van der Waals surface area contributed by atoms with Crippen LogP contribution in [0.2, 0.25) is 0 Å². The number of rotatable bonds is 5. The van der Waals surface area contributed by atoms with Crippen LogP contribution in [0.25, 0.3) is 0 Å². The van der Waals surface area contributed by atoms with Crippen LogP contribution in [0.3, 0.4) is 0 Å². The second-order valence-electron chi connectivity index (χ2n) is 6.58. The van der Waals surface area contributed by atoms with Crippen molar-refractivity contribution in [3.05, 3.63) is 29.8 Å². The summed E-state index contributed by atoms with van der Waals surface area (Å²) in [5.74, 6) is 1.08. The van der Waals surface area contributed by atoms with Gasteiger partial charge in [0.25, 0.3) is 5.91 Å². The zero-order valence-corrected chi connectivity index (χ0v) is 14.7. The lowest BCUT2D eigenvalue weighted by Gasteiger charge is -2.36. The number of carbonyl (C=O) groups excluding carboxylic acids is 2. The van der Waals surface area contributed by atoms with Crippen molar-refractivity contribution in [3.8, 4) is 5.75 Å². The molecule has 24 heavy (non-hydrogen) atoms. The molecule has 1 fully saturated rings. The highest BCUT2D eigenvalue weighted by molar-refractivity contribution is 5.94. The molecule has 1 aromatic rings. The summed E-state index contributed by atoms with van der Waals surface area (Å²) >= 11 is 0. The molecule has 6 heteroatoms. The molecule has 0 saturated carbocycles. The minimum Gasteiger partial charge on any atom is -0.497 e. The Morgan fingerprint density at radius 2 is 1.62 bits per heavy atom. The van der Waals surface area contributed by atoms with Gasteiger partial charge in [0.05, 0.1) is 13.2 Å². The summed E-state index contributed by atoms with van der Waals surface area (Å²) in [6, 6.07) is 6.62. The van der Waals surface area contributed by atoms with Gasteiger partial charge in [0.15, 0.2) is 0 Å². The number of nitrogens with zero attached hydrogens (tertiary/aromatic N) is 2. The lowest BCUT2D eigenvalue weighted by Crippen LogP contribution is -2.54. The second-order valence-corrected chi connectivity index (χ2v) is 6.58. The molecule has 6 nitrogen and oxygen atoms in total. The third-order valence-electron chi connectivity index (χ3n) is 4.26. The van der Waals surface area contributed by atoms with E-state index in [-0.39, 0.29) is 11.8 Å². The Morgan fingerprint density at radius 3 is 2.12 bits per heavy atom. The van der Waals surface area contributed by atoms with Crippen LogP contribution in [0.15, 0.2) is 24.3 Å². The van der Waals surface area contributed by atoms with Crippen LogP contribution in [0.4, 0.5) is 0 Å². The average molecular weight is 333 g/mol. The largest absolute Gasteiger partial charge is 0.497 e. The van der Waals surface area contributed by atoms with Crippen LogP contribution in [0, 0.1) is 5.92 Å². The van der Waals surface area contributed by atoms with E-state index in [4.69, 9.17) is 10.5 Å². The minimum atomic E-state index is -0.450. The Hall–Kier alpha value is -2.08. The summed E-state index contributed by atoms with van der Waals surface area (Å²) in [5, 5.41) is 0. The van der Waals surface area contributed by atoms with E-state index in [0.29, 0.717) is 44.1 Å². The predicted molar refractivity (Wildman–Crippen MR) is 92.9 cm³/mol. The normalized spacial score (nSPS) is 16.2. The van der Waals surface area contributed by atoms with E-state index in [0.717, 1.165) is 5.75 Å². The molecule has 132 valence electrons. The Bertz CT molecular complexity index is 563. The monoisotopic (exact) mass is 333 g/mol. The van der Waals surface area contributed by atoms with Gasteiger partial charge in [-0.25, -0.2) is 0 Å². The number of methoxy groups -OCH3 is 1. The van der Waals surface area contributed by atoms with Crippen LogP contribution in [-0.4, -0.2) is 60.9 Å². The van der Waals surface area contributed by atoms with Crippen LogP contribution in [-0.2, 0) is 4.79 Å². The van der Waals surface area contributed by atoms with Crippen molar-refractivity contribution in [2.75, 3.05) is 33.3 Å². The first kappa shape index (κ1) is 18.3. The van der Waals surface area contributed by atoms with Crippen LogP contribution < -0.4 is 10.5 Å². The maximum Gasteiger partial charge on any atom is 0.253 e. The minimum absolute atomic E-state index is 0.0137. The fourth-order valence-corrected chi connectivity index (χ4v) is 2.89. The van der Waals surface area contributed by atoms with Gasteiger partial charge in [-0.05, 0) is 36.6 Å². The van der Waals surface area contributed by atoms with Crippen LogP contribution in [0.1, 0.15) is 30.6 Å². The molecule has 1 aromatic carbocycles. The molecule has 1 atom stereocenters. The molecule has 1 aliphatic heterocycles. The highest BCUT2D eigenvalue weighted by atomic mass is 16.5. The van der Waals surface area contributed by atoms with Crippen molar-refractivity contribution in [2.24, 2.45) is 11.7 Å². The fourth-order valence-electron chi connectivity index (χ4n) is 2.89. The van der Waals surface area contributed by atoms with E-state index in [1.807, 2.05) is 0 Å². The number of ether oxygens (including phenoxy) is 1. The zero-order chi connectivity index (χ0) is 17.7. The summed E-state index contributed by atoms with van der Waals surface area (Å²) in [6.07, 6.45) is 0.684. The highest BCUT2D eigenvalue weighted by Crippen LogP contribution is 2.15. The molecule has 2 rings (SSSR count). The predicted octanol–water partition coefficient (Wildman–Crippen LogP) is 1.35. The molecule has 2 amide bonds. The maximum absolute atomic E-state index is 12.5. The molecule has 1 heterocycles. The van der Waals surface area contributed by atoms with Crippen molar-refractivity contribution in [3.63, 3.8) is 0 Å². The molecule has 0 spiro atoms. The average Bonchev–Trinajstić information content (AvgIpc) is 2.60. The van der Waals surface area contributed by atoms with Crippen LogP contribution >= 0.6 is 0 Å². The van der Waals surface area contributed by atoms with Gasteiger partial charge in [0, 0.05) is 31.7 Å². The number of nitrogens with two attached hydrogens (primary N) is 1. The smallest absolute Gasteiger partial charge is 0.253 e. The lowest BCUT2D eigenvalue weighted by atomic mass is 10.0. The van der Waals surface area contributed by atoms with Crippen molar-refractivity contribution in [1.29, 1.82) is 0 Å². The third-order valence-corrected chi connectivity index (χ3v) is 4.26. The fraction of sp³-hybridized carbons (Fsp3) is 0.556. The molecule has 0 bridgehead atoms. The van der Waals surface area contributed by atoms with Crippen molar-refractivity contribution in [1.82, 2.24) is 9.80 Å². The van der Waals surface area contributed by atoms with E-state index >= 15 is 0 Å². The summed E-state index contributed by atoms with van der Waals surface area (Å²) in [6.45, 7) is 6.24. The van der Waals surface area contributed by atoms with E-state index < -0.39 is 6.04 Å². The first-order valence-corrected chi connectivity index (χ1v) is 8.40. The van der Waals surface area contributed by atoms with Gasteiger partial charge in [-0.2, -0.15) is 0 Å². The second kappa shape index (κ2) is 8.15. The summed E-state index contributed by atoms with van der Waals surface area (Å²) < 4.78 is 5.10. The van der Waals surface area contributed by atoms with Gasteiger partial charge >= 0.3 is 0 Å². The zero-order valence-electron chi connectivity index (χ0n) is 14.7. The van der Waals surface area contributed by atoms with Gasteiger partial charge in [-0.1, -0.05) is 13.8 Å². The highest BCUT2D eigenvalue weighted by Gasteiger charge is 2.27. The molecule has 0 aromatic heterocycles. The van der Waals surface area contributed by atoms with Crippen molar-refractivity contribution >= 4 is 11.8 Å². The molecular formula is C18H27N3O3. The van der Waals surface area contributed by atoms with Gasteiger partial charge < -0.3 is 20.3 Å². The van der Waals surface area contributed by atoms with E-state index in [2.05, 4.69) is 13.8 Å². The number of carbonyl (C=O) groups is 2. The van der Waals surface area contributed by atoms with Crippen molar-refractivity contribution < 1.29 is 14.3 Å². The maximum atomic E-state index is 12.5. The Labute approximate surface area is 143 Å². The molecule has 1 aliphatic rings. The number of benzene rings is 1. The molecule has 0 radical (unpaired) electrons. The number of piperazine rings is 1. The molecule has 1 saturated heterocycles. The first-order chi connectivity index (χ1) is 11.4. The number of hydrogen-bond acceptors (Lipinski definition) is 4. The summed E-state index contributed by atoms with van der Waals surface area (Å²) in [7, 11) is 1.59. The first-order valence-electron chi connectivity index (χ1n) is 8.40. The van der Waals surface area contributed by atoms with Crippen molar-refractivity contribution in [2.45, 2.75) is 26.3 Å². The van der Waals surface area contributed by atoms with E-state index in [1.165, 1.54) is 0 Å². The lowest BCUT2D eigenvalue weighted by molar-refractivity contribution is -0.134. The third kappa shape index (κ3) is 4.47. The summed E-state index contributed by atoms with van der Waals surface area (Å²) in [5.41, 5.74) is 6.61. The number of amides is 2. The van der Waals surface area contributed by atoms with Gasteiger partial charge in [0.2, 0.25) is 5.91 Å².